The van der Waals surface area contributed by atoms with Crippen LogP contribution in [-0.2, 0) is 9.47 Å². The molecular weight excluding hydrogens is 322 g/mol. The molecule has 3 nitrogen and oxygen atoms in total. The summed E-state index contributed by atoms with van der Waals surface area (Å²) in [6, 6.07) is 1.10. The molecular formula is C23H45NO2. The van der Waals surface area contributed by atoms with E-state index in [4.69, 9.17) is 9.47 Å². The van der Waals surface area contributed by atoms with Gasteiger partial charge in [-0.2, -0.15) is 0 Å². The van der Waals surface area contributed by atoms with Crippen LogP contribution in [0, 0.1) is 0 Å². The molecule has 0 radical (unpaired) electrons. The quantitative estimate of drug-likeness (QED) is 0.221. The maximum absolute atomic E-state index is 5.54. The van der Waals surface area contributed by atoms with E-state index >= 15 is 0 Å². The Bertz CT molecular complexity index is 323. The third-order valence-corrected chi connectivity index (χ3v) is 6.36. The molecule has 26 heavy (non-hydrogen) atoms. The molecule has 4 atom stereocenters. The maximum atomic E-state index is 5.54. The van der Waals surface area contributed by atoms with E-state index in [1.165, 1.54) is 90.0 Å². The van der Waals surface area contributed by atoms with Gasteiger partial charge in [-0.3, -0.25) is 4.90 Å². The first kappa shape index (κ1) is 22.2. The number of hydrogen-bond acceptors (Lipinski definition) is 3. The second kappa shape index (κ2) is 13.1. The first-order chi connectivity index (χ1) is 12.7. The summed E-state index contributed by atoms with van der Waals surface area (Å²) in [5, 5.41) is 0. The number of unbranched alkanes of at least 4 members (excludes halogenated alkanes) is 12. The zero-order valence-corrected chi connectivity index (χ0v) is 17.9. The second-order valence-corrected chi connectivity index (χ2v) is 8.71. The molecule has 2 rings (SSSR count). The first-order valence-corrected chi connectivity index (χ1v) is 11.7. The van der Waals surface area contributed by atoms with Crippen LogP contribution in [0.15, 0.2) is 0 Å². The average molecular weight is 368 g/mol. The Morgan fingerprint density at radius 3 is 1.35 bits per heavy atom. The Morgan fingerprint density at radius 1 is 0.654 bits per heavy atom. The van der Waals surface area contributed by atoms with Crippen LogP contribution < -0.4 is 0 Å². The minimum atomic E-state index is 0.471. The van der Waals surface area contributed by atoms with Crippen molar-refractivity contribution in [3.63, 3.8) is 0 Å². The fourth-order valence-corrected chi connectivity index (χ4v) is 4.19. The van der Waals surface area contributed by atoms with Gasteiger partial charge in [0.15, 0.2) is 0 Å². The minimum Gasteiger partial charge on any atom is -0.371 e. The lowest BCUT2D eigenvalue weighted by atomic mass is 10.0. The predicted octanol–water partition coefficient (Wildman–Crippen LogP) is 5.95. The lowest BCUT2D eigenvalue weighted by Gasteiger charge is -2.33. The van der Waals surface area contributed by atoms with E-state index < -0.39 is 0 Å². The van der Waals surface area contributed by atoms with Gasteiger partial charge in [0.1, 0.15) is 0 Å². The molecule has 0 saturated carbocycles. The summed E-state index contributed by atoms with van der Waals surface area (Å²) in [6.45, 7) is 10.1. The van der Waals surface area contributed by atoms with Gasteiger partial charge in [-0.1, -0.05) is 84.0 Å². The van der Waals surface area contributed by atoms with Crippen molar-refractivity contribution in [2.24, 2.45) is 0 Å². The highest BCUT2D eigenvalue weighted by Crippen LogP contribution is 2.27. The number of hydrogen-bond donors (Lipinski definition) is 0. The minimum absolute atomic E-state index is 0.471. The topological polar surface area (TPSA) is 28.3 Å². The monoisotopic (exact) mass is 367 g/mol. The van der Waals surface area contributed by atoms with Crippen LogP contribution >= 0.6 is 0 Å². The van der Waals surface area contributed by atoms with Crippen molar-refractivity contribution < 1.29 is 9.47 Å². The first-order valence-electron chi connectivity index (χ1n) is 11.7. The van der Waals surface area contributed by atoms with Gasteiger partial charge in [0.05, 0.1) is 25.4 Å². The van der Waals surface area contributed by atoms with Gasteiger partial charge in [0, 0.05) is 12.1 Å². The third kappa shape index (κ3) is 9.19. The zero-order chi connectivity index (χ0) is 18.6. The van der Waals surface area contributed by atoms with Crippen molar-refractivity contribution in [1.29, 1.82) is 0 Å². The molecule has 0 spiro atoms. The summed E-state index contributed by atoms with van der Waals surface area (Å²) in [4.78, 5) is 2.65. The molecule has 2 heterocycles. The van der Waals surface area contributed by atoms with Gasteiger partial charge in [0.25, 0.3) is 0 Å². The van der Waals surface area contributed by atoms with Gasteiger partial charge in [-0.25, -0.2) is 0 Å². The summed E-state index contributed by atoms with van der Waals surface area (Å²) in [6.07, 6.45) is 19.4. The van der Waals surface area contributed by atoms with E-state index in [1.807, 2.05) is 0 Å². The van der Waals surface area contributed by atoms with Gasteiger partial charge in [0.2, 0.25) is 0 Å². The lowest BCUT2D eigenvalue weighted by Crippen LogP contribution is -2.46. The standard InChI is InChI=1S/C23H45NO2/c1-4-5-6-7-8-9-10-11-12-13-14-15-16-17-24(20(2)22-18-25-22)21(3)23-19-26-23/h20-23H,4-19H2,1-3H3. The van der Waals surface area contributed by atoms with Crippen molar-refractivity contribution in [2.75, 3.05) is 19.8 Å². The van der Waals surface area contributed by atoms with Crippen LogP contribution in [0.5, 0.6) is 0 Å². The van der Waals surface area contributed by atoms with Crippen molar-refractivity contribution in [3.8, 4) is 0 Å². The Balaban J connectivity index is 1.41. The molecule has 2 aliphatic heterocycles. The molecule has 0 amide bonds. The molecule has 0 aromatic heterocycles. The van der Waals surface area contributed by atoms with Gasteiger partial charge in [-0.15, -0.1) is 0 Å². The molecule has 4 unspecified atom stereocenters. The molecule has 2 fully saturated rings. The van der Waals surface area contributed by atoms with Crippen LogP contribution in [0.4, 0.5) is 0 Å². The highest BCUT2D eigenvalue weighted by Gasteiger charge is 2.40. The lowest BCUT2D eigenvalue weighted by molar-refractivity contribution is 0.106. The predicted molar refractivity (Wildman–Crippen MR) is 111 cm³/mol. The fraction of sp³-hybridized carbons (Fsp3) is 1.00. The summed E-state index contributed by atoms with van der Waals surface area (Å²) >= 11 is 0. The van der Waals surface area contributed by atoms with Crippen molar-refractivity contribution in [3.05, 3.63) is 0 Å². The molecule has 0 N–H and O–H groups in total. The molecule has 0 aromatic rings. The van der Waals surface area contributed by atoms with Crippen molar-refractivity contribution in [2.45, 2.75) is 129 Å². The van der Waals surface area contributed by atoms with Gasteiger partial charge in [-0.05, 0) is 26.8 Å². The van der Waals surface area contributed by atoms with Crippen LogP contribution in [-0.4, -0.2) is 49.0 Å². The normalized spacial score (nSPS) is 24.0. The van der Waals surface area contributed by atoms with Gasteiger partial charge >= 0.3 is 0 Å². The van der Waals surface area contributed by atoms with E-state index in [2.05, 4.69) is 25.7 Å². The summed E-state index contributed by atoms with van der Waals surface area (Å²) in [5.74, 6) is 0. The van der Waals surface area contributed by atoms with Crippen LogP contribution in [0.1, 0.15) is 104 Å². The Labute approximate surface area is 163 Å². The Kier molecular flexibility index (Phi) is 11.2. The van der Waals surface area contributed by atoms with Crippen LogP contribution in [0.2, 0.25) is 0 Å². The summed E-state index contributed by atoms with van der Waals surface area (Å²) in [5.41, 5.74) is 0. The number of ether oxygens (including phenoxy) is 2. The smallest absolute Gasteiger partial charge is 0.0962 e. The summed E-state index contributed by atoms with van der Waals surface area (Å²) in [7, 11) is 0. The second-order valence-electron chi connectivity index (χ2n) is 8.71. The van der Waals surface area contributed by atoms with E-state index in [0.717, 1.165) is 13.2 Å². The van der Waals surface area contributed by atoms with Crippen molar-refractivity contribution >= 4 is 0 Å². The molecule has 2 aliphatic rings. The van der Waals surface area contributed by atoms with E-state index in [9.17, 15) is 0 Å². The molecule has 0 aliphatic carbocycles. The molecule has 3 heteroatoms. The zero-order valence-electron chi connectivity index (χ0n) is 17.9. The Hall–Kier alpha value is -0.120. The largest absolute Gasteiger partial charge is 0.371 e. The van der Waals surface area contributed by atoms with E-state index in [1.54, 1.807) is 0 Å². The SMILES string of the molecule is CCCCCCCCCCCCCCCN(C(C)C1CO1)C(C)C1CO1. The Morgan fingerprint density at radius 2 is 1.00 bits per heavy atom. The third-order valence-electron chi connectivity index (χ3n) is 6.36. The van der Waals surface area contributed by atoms with Crippen LogP contribution in [0.25, 0.3) is 0 Å². The van der Waals surface area contributed by atoms with E-state index in [0.29, 0.717) is 24.3 Å². The molecule has 0 bridgehead atoms. The fourth-order valence-electron chi connectivity index (χ4n) is 4.19. The van der Waals surface area contributed by atoms with Gasteiger partial charge < -0.3 is 9.47 Å². The number of nitrogens with zero attached hydrogens (tertiary/aromatic N) is 1. The molecule has 2 saturated heterocycles. The highest BCUT2D eigenvalue weighted by atomic mass is 16.6. The number of rotatable bonds is 18. The maximum Gasteiger partial charge on any atom is 0.0962 e. The number of epoxide rings is 2. The molecule has 0 aromatic carbocycles. The van der Waals surface area contributed by atoms with E-state index in [-0.39, 0.29) is 0 Å². The summed E-state index contributed by atoms with van der Waals surface area (Å²) < 4.78 is 11.1. The average Bonchev–Trinajstić information content (AvgIpc) is 3.53. The molecule has 154 valence electrons. The van der Waals surface area contributed by atoms with Crippen molar-refractivity contribution in [1.82, 2.24) is 4.90 Å². The highest BCUT2D eigenvalue weighted by molar-refractivity contribution is 4.91. The van der Waals surface area contributed by atoms with Crippen LogP contribution in [0.3, 0.4) is 0 Å².